The minimum Gasteiger partial charge on any atom is -0.383 e. The van der Waals surface area contributed by atoms with E-state index in [4.69, 9.17) is 5.73 Å². The van der Waals surface area contributed by atoms with Crippen molar-refractivity contribution in [2.24, 2.45) is 5.73 Å². The number of hydrogen-bond donors (Lipinski definition) is 2. The summed E-state index contributed by atoms with van der Waals surface area (Å²) in [5.41, 5.74) is 7.30. The van der Waals surface area contributed by atoms with E-state index in [0.717, 1.165) is 37.1 Å². The van der Waals surface area contributed by atoms with Gasteiger partial charge >= 0.3 is 0 Å². The Kier molecular flexibility index (Phi) is 4.22. The van der Waals surface area contributed by atoms with Gasteiger partial charge in [-0.3, -0.25) is 4.79 Å². The standard InChI is InChI=1S/C15H20N2O2/c1-2-3-6-9-17-10-12(15(16)19)14(18)11-7-4-5-8-13(11)17/h4-5,7-8,10,14,18H,2-3,6,9H2,1H3,(H2,16,19). The zero-order valence-electron chi connectivity index (χ0n) is 11.2. The summed E-state index contributed by atoms with van der Waals surface area (Å²) >= 11 is 0. The molecule has 1 atom stereocenters. The van der Waals surface area contributed by atoms with Crippen molar-refractivity contribution in [1.82, 2.24) is 0 Å². The largest absolute Gasteiger partial charge is 0.383 e. The van der Waals surface area contributed by atoms with E-state index in [2.05, 4.69) is 6.92 Å². The fraction of sp³-hybridized carbons (Fsp3) is 0.400. The number of nitrogens with two attached hydrogens (primary N) is 1. The molecule has 1 aliphatic rings. The van der Waals surface area contributed by atoms with Gasteiger partial charge in [0.1, 0.15) is 6.10 Å². The Balaban J connectivity index is 2.31. The molecule has 0 radical (unpaired) electrons. The summed E-state index contributed by atoms with van der Waals surface area (Å²) in [7, 11) is 0. The maximum Gasteiger partial charge on any atom is 0.249 e. The highest BCUT2D eigenvalue weighted by atomic mass is 16.3. The first-order valence-electron chi connectivity index (χ1n) is 6.70. The molecule has 102 valence electrons. The summed E-state index contributed by atoms with van der Waals surface area (Å²) in [6.07, 6.45) is 4.09. The van der Waals surface area contributed by atoms with Crippen LogP contribution in [0.4, 0.5) is 5.69 Å². The highest BCUT2D eigenvalue weighted by Gasteiger charge is 2.27. The van der Waals surface area contributed by atoms with E-state index >= 15 is 0 Å². The Morgan fingerprint density at radius 1 is 1.37 bits per heavy atom. The van der Waals surface area contributed by atoms with E-state index in [9.17, 15) is 9.90 Å². The van der Waals surface area contributed by atoms with Gasteiger partial charge in [-0.1, -0.05) is 38.0 Å². The molecule has 1 aromatic rings. The van der Waals surface area contributed by atoms with E-state index in [1.807, 2.05) is 29.2 Å². The second-order valence-electron chi connectivity index (χ2n) is 4.81. The van der Waals surface area contributed by atoms with Crippen molar-refractivity contribution in [2.45, 2.75) is 32.3 Å². The van der Waals surface area contributed by atoms with Gasteiger partial charge in [0, 0.05) is 24.0 Å². The summed E-state index contributed by atoms with van der Waals surface area (Å²) in [5.74, 6) is -0.567. The first-order chi connectivity index (χ1) is 9.15. The predicted octanol–water partition coefficient (Wildman–Crippen LogP) is 2.10. The molecular weight excluding hydrogens is 240 g/mol. The van der Waals surface area contributed by atoms with Crippen LogP contribution in [0, 0.1) is 0 Å². The first kappa shape index (κ1) is 13.6. The number of fused-ring (bicyclic) bond motifs is 1. The van der Waals surface area contributed by atoms with Crippen LogP contribution >= 0.6 is 0 Å². The number of benzene rings is 1. The lowest BCUT2D eigenvalue weighted by Crippen LogP contribution is -2.30. The van der Waals surface area contributed by atoms with Crippen LogP contribution in [-0.2, 0) is 4.79 Å². The number of rotatable bonds is 5. The SMILES string of the molecule is CCCCCN1C=C(C(N)=O)C(O)c2ccccc21. The van der Waals surface area contributed by atoms with E-state index in [0.29, 0.717) is 0 Å². The molecule has 0 bridgehead atoms. The average molecular weight is 260 g/mol. The van der Waals surface area contributed by atoms with Crippen LogP contribution in [0.1, 0.15) is 37.9 Å². The number of carbonyl (C=O) groups is 1. The van der Waals surface area contributed by atoms with Gasteiger partial charge in [-0.2, -0.15) is 0 Å². The van der Waals surface area contributed by atoms with Crippen molar-refractivity contribution in [2.75, 3.05) is 11.4 Å². The normalized spacial score (nSPS) is 17.9. The fourth-order valence-corrected chi connectivity index (χ4v) is 2.37. The molecule has 4 nitrogen and oxygen atoms in total. The average Bonchev–Trinajstić information content (AvgIpc) is 2.41. The molecule has 1 aliphatic heterocycles. The second-order valence-corrected chi connectivity index (χ2v) is 4.81. The number of para-hydroxylation sites is 1. The fourth-order valence-electron chi connectivity index (χ4n) is 2.37. The maximum atomic E-state index is 11.4. The quantitative estimate of drug-likeness (QED) is 0.797. The summed E-state index contributed by atoms with van der Waals surface area (Å²) in [6, 6.07) is 7.58. The van der Waals surface area contributed by atoms with Gasteiger partial charge in [-0.15, -0.1) is 0 Å². The highest BCUT2D eigenvalue weighted by Crippen LogP contribution is 2.35. The van der Waals surface area contributed by atoms with Gasteiger partial charge < -0.3 is 15.7 Å². The molecule has 3 N–H and O–H groups in total. The monoisotopic (exact) mass is 260 g/mol. The minimum atomic E-state index is -0.920. The van der Waals surface area contributed by atoms with Crippen molar-refractivity contribution >= 4 is 11.6 Å². The van der Waals surface area contributed by atoms with Gasteiger partial charge in [-0.05, 0) is 12.5 Å². The third-order valence-corrected chi connectivity index (χ3v) is 3.42. The maximum absolute atomic E-state index is 11.4. The summed E-state index contributed by atoms with van der Waals surface area (Å²) < 4.78 is 0. The molecule has 19 heavy (non-hydrogen) atoms. The Hall–Kier alpha value is -1.81. The predicted molar refractivity (Wildman–Crippen MR) is 75.6 cm³/mol. The summed E-state index contributed by atoms with van der Waals surface area (Å²) in [4.78, 5) is 13.4. The zero-order chi connectivity index (χ0) is 13.8. The smallest absolute Gasteiger partial charge is 0.249 e. The molecule has 0 fully saturated rings. The first-order valence-corrected chi connectivity index (χ1v) is 6.70. The molecule has 1 aromatic carbocycles. The van der Waals surface area contributed by atoms with Crippen LogP contribution in [0.2, 0.25) is 0 Å². The van der Waals surface area contributed by atoms with Crippen LogP contribution in [0.25, 0.3) is 0 Å². The van der Waals surface area contributed by atoms with Gasteiger partial charge in [0.05, 0.1) is 5.57 Å². The molecule has 4 heteroatoms. The van der Waals surface area contributed by atoms with Gasteiger partial charge in [0.25, 0.3) is 0 Å². The van der Waals surface area contributed by atoms with Crippen molar-refractivity contribution in [3.05, 3.63) is 41.6 Å². The Bertz CT molecular complexity index is 497. The van der Waals surface area contributed by atoms with Crippen LogP contribution in [-0.4, -0.2) is 17.6 Å². The number of hydrogen-bond acceptors (Lipinski definition) is 3. The lowest BCUT2D eigenvalue weighted by molar-refractivity contribution is -0.115. The minimum absolute atomic E-state index is 0.259. The molecular formula is C15H20N2O2. The third-order valence-electron chi connectivity index (χ3n) is 3.42. The number of aliphatic hydroxyl groups is 1. The van der Waals surface area contributed by atoms with E-state index < -0.39 is 12.0 Å². The molecule has 0 aliphatic carbocycles. The van der Waals surface area contributed by atoms with Crippen molar-refractivity contribution in [3.8, 4) is 0 Å². The third kappa shape index (κ3) is 2.79. The summed E-state index contributed by atoms with van der Waals surface area (Å²) in [5, 5.41) is 10.2. The van der Waals surface area contributed by atoms with Crippen LogP contribution in [0.5, 0.6) is 0 Å². The number of unbranched alkanes of at least 4 members (excludes halogenated alkanes) is 2. The van der Waals surface area contributed by atoms with Gasteiger partial charge in [0.2, 0.25) is 5.91 Å². The lowest BCUT2D eigenvalue weighted by Gasteiger charge is -2.31. The second kappa shape index (κ2) is 5.89. The van der Waals surface area contributed by atoms with Gasteiger partial charge in [0.15, 0.2) is 0 Å². The van der Waals surface area contributed by atoms with Crippen molar-refractivity contribution in [3.63, 3.8) is 0 Å². The van der Waals surface area contributed by atoms with E-state index in [-0.39, 0.29) is 5.57 Å². The lowest BCUT2D eigenvalue weighted by atomic mass is 9.95. The van der Waals surface area contributed by atoms with Crippen LogP contribution in [0.3, 0.4) is 0 Å². The van der Waals surface area contributed by atoms with Gasteiger partial charge in [-0.25, -0.2) is 0 Å². The van der Waals surface area contributed by atoms with Crippen molar-refractivity contribution in [1.29, 1.82) is 0 Å². The van der Waals surface area contributed by atoms with Crippen LogP contribution < -0.4 is 10.6 Å². The molecule has 0 saturated carbocycles. The molecule has 0 saturated heterocycles. The molecule has 1 unspecified atom stereocenters. The van der Waals surface area contributed by atoms with E-state index in [1.165, 1.54) is 0 Å². The Morgan fingerprint density at radius 2 is 2.11 bits per heavy atom. The van der Waals surface area contributed by atoms with E-state index in [1.54, 1.807) is 6.20 Å². The van der Waals surface area contributed by atoms with Crippen LogP contribution in [0.15, 0.2) is 36.0 Å². The Labute approximate surface area is 113 Å². The molecule has 0 spiro atoms. The molecule has 1 heterocycles. The number of nitrogens with zero attached hydrogens (tertiary/aromatic N) is 1. The molecule has 0 aromatic heterocycles. The number of primary amides is 1. The molecule has 2 rings (SSSR count). The highest BCUT2D eigenvalue weighted by molar-refractivity contribution is 5.95. The topological polar surface area (TPSA) is 66.6 Å². The van der Waals surface area contributed by atoms with Crippen molar-refractivity contribution < 1.29 is 9.90 Å². The Morgan fingerprint density at radius 3 is 2.79 bits per heavy atom. The zero-order valence-corrected chi connectivity index (χ0v) is 11.2. The summed E-state index contributed by atoms with van der Waals surface area (Å²) in [6.45, 7) is 2.98. The number of anilines is 1. The molecule has 1 amide bonds. The number of aliphatic hydroxyl groups excluding tert-OH is 1. The number of carbonyl (C=O) groups excluding carboxylic acids is 1. The number of amides is 1.